The Hall–Kier alpha value is 0.611. The van der Waals surface area contributed by atoms with Gasteiger partial charge in [0.2, 0.25) is 0 Å². The standard InChI is InChI=1S/C5H16OSi3/c1-5-4-8(2)7-9(3)6-5/h5,8-9H,4,7H2,1-3H3. The summed E-state index contributed by atoms with van der Waals surface area (Å²) in [5.74, 6) is 0. The van der Waals surface area contributed by atoms with Crippen LogP contribution < -0.4 is 0 Å². The minimum absolute atomic E-state index is 0.135. The average Bonchev–Trinajstić information content (AvgIpc) is 1.59. The van der Waals surface area contributed by atoms with Gasteiger partial charge in [0.05, 0.1) is 0 Å². The SMILES string of the molecule is CC1C[SiH](C)[SiH2][SiH](C)O1. The summed E-state index contributed by atoms with van der Waals surface area (Å²) in [5, 5.41) is 0. The molecule has 9 heavy (non-hydrogen) atoms. The zero-order valence-corrected chi connectivity index (χ0v) is 10.3. The van der Waals surface area contributed by atoms with Gasteiger partial charge in [-0.25, -0.2) is 0 Å². The highest BCUT2D eigenvalue weighted by molar-refractivity contribution is 7.39. The summed E-state index contributed by atoms with van der Waals surface area (Å²) in [7, 11) is -0.263. The van der Waals surface area contributed by atoms with E-state index in [1.807, 2.05) is 0 Å². The maximum Gasteiger partial charge on any atom is 0.152 e. The van der Waals surface area contributed by atoms with E-state index in [0.29, 0.717) is 14.7 Å². The molecule has 0 bridgehead atoms. The van der Waals surface area contributed by atoms with E-state index in [-0.39, 0.29) is 8.31 Å². The van der Waals surface area contributed by atoms with Crippen LogP contribution in [0.5, 0.6) is 0 Å². The molecule has 0 saturated carbocycles. The highest BCUT2D eigenvalue weighted by Crippen LogP contribution is 2.10. The molecule has 1 aliphatic heterocycles. The van der Waals surface area contributed by atoms with E-state index in [1.165, 1.54) is 6.04 Å². The van der Waals surface area contributed by atoms with Crippen LogP contribution in [0.15, 0.2) is 0 Å². The first-order chi connectivity index (χ1) is 4.18. The number of rotatable bonds is 0. The van der Waals surface area contributed by atoms with Gasteiger partial charge in [-0.2, -0.15) is 0 Å². The molecule has 1 aliphatic rings. The lowest BCUT2D eigenvalue weighted by Gasteiger charge is -2.27. The van der Waals surface area contributed by atoms with Crippen LogP contribution >= 0.6 is 0 Å². The van der Waals surface area contributed by atoms with Crippen molar-refractivity contribution in [3.63, 3.8) is 0 Å². The van der Waals surface area contributed by atoms with Gasteiger partial charge in [-0.1, -0.05) is 13.1 Å². The van der Waals surface area contributed by atoms with Crippen molar-refractivity contribution in [2.75, 3.05) is 0 Å². The van der Waals surface area contributed by atoms with Gasteiger partial charge in [-0.15, -0.1) is 0 Å². The third-order valence-electron chi connectivity index (χ3n) is 1.93. The van der Waals surface area contributed by atoms with E-state index in [9.17, 15) is 0 Å². The molecule has 1 heterocycles. The van der Waals surface area contributed by atoms with Gasteiger partial charge in [0.25, 0.3) is 0 Å². The highest BCUT2D eigenvalue weighted by atomic mass is 29.6. The van der Waals surface area contributed by atoms with E-state index in [1.54, 1.807) is 0 Å². The average molecular weight is 176 g/mol. The maximum absolute atomic E-state index is 5.79. The molecule has 0 radical (unpaired) electrons. The Labute approximate surface area is 62.5 Å². The second-order valence-corrected chi connectivity index (χ2v) is 21.7. The van der Waals surface area contributed by atoms with E-state index >= 15 is 0 Å². The summed E-state index contributed by atoms with van der Waals surface area (Å²) in [6, 6.07) is 1.48. The first-order valence-corrected chi connectivity index (χ1v) is 14.0. The lowest BCUT2D eigenvalue weighted by atomic mass is 10.5. The quantitative estimate of drug-likeness (QED) is 0.464. The molecule has 1 rings (SSSR count). The van der Waals surface area contributed by atoms with Crippen LogP contribution in [0.3, 0.4) is 0 Å². The zero-order chi connectivity index (χ0) is 6.85. The zero-order valence-electron chi connectivity index (χ0n) is 6.55. The monoisotopic (exact) mass is 176 g/mol. The molecule has 0 aliphatic carbocycles. The Balaban J connectivity index is 2.34. The Morgan fingerprint density at radius 1 is 1.56 bits per heavy atom. The van der Waals surface area contributed by atoms with Crippen molar-refractivity contribution in [2.45, 2.75) is 32.2 Å². The second-order valence-electron chi connectivity index (χ2n) is 3.33. The van der Waals surface area contributed by atoms with Crippen molar-refractivity contribution >= 4 is 25.4 Å². The van der Waals surface area contributed by atoms with E-state index in [2.05, 4.69) is 20.0 Å². The molecule has 3 atom stereocenters. The van der Waals surface area contributed by atoms with Gasteiger partial charge in [-0.3, -0.25) is 0 Å². The molecule has 54 valence electrons. The summed E-state index contributed by atoms with van der Waals surface area (Å²) in [4.78, 5) is 0. The Morgan fingerprint density at radius 2 is 2.22 bits per heavy atom. The summed E-state index contributed by atoms with van der Waals surface area (Å²) >= 11 is 0. The molecule has 4 heteroatoms. The van der Waals surface area contributed by atoms with E-state index in [4.69, 9.17) is 4.43 Å². The number of hydrogen-bond acceptors (Lipinski definition) is 1. The highest BCUT2D eigenvalue weighted by Gasteiger charge is 2.23. The van der Waals surface area contributed by atoms with Crippen molar-refractivity contribution in [3.05, 3.63) is 0 Å². The molecule has 0 N–H and O–H groups in total. The first-order valence-electron chi connectivity index (χ1n) is 3.84. The van der Waals surface area contributed by atoms with Gasteiger partial charge in [-0.05, 0) is 13.0 Å². The van der Waals surface area contributed by atoms with E-state index in [0.717, 1.165) is 0 Å². The predicted octanol–water partition coefficient (Wildman–Crippen LogP) is -0.222. The fourth-order valence-electron chi connectivity index (χ4n) is 1.74. The fraction of sp³-hybridized carbons (Fsp3) is 1.00. The molecular formula is C5H16OSi3. The maximum atomic E-state index is 5.79. The largest absolute Gasteiger partial charge is 0.422 e. The van der Waals surface area contributed by atoms with Crippen LogP contribution in [0.4, 0.5) is 0 Å². The van der Waals surface area contributed by atoms with Gasteiger partial charge in [0, 0.05) is 23.0 Å². The lowest BCUT2D eigenvalue weighted by molar-refractivity contribution is 0.250. The summed E-state index contributed by atoms with van der Waals surface area (Å²) in [5.41, 5.74) is 0. The second kappa shape index (κ2) is 3.14. The molecule has 1 saturated heterocycles. The molecule has 1 fully saturated rings. The molecule has 1 nitrogen and oxygen atoms in total. The molecule has 3 unspecified atom stereocenters. The van der Waals surface area contributed by atoms with Crippen LogP contribution in [0.25, 0.3) is 0 Å². The van der Waals surface area contributed by atoms with Crippen LogP contribution in [-0.2, 0) is 4.43 Å². The third kappa shape index (κ3) is 2.37. The van der Waals surface area contributed by atoms with Crippen LogP contribution in [-0.4, -0.2) is 31.5 Å². The molecule has 0 spiro atoms. The predicted molar refractivity (Wildman–Crippen MR) is 49.9 cm³/mol. The molecule has 0 amide bonds. The molecular weight excluding hydrogens is 160 g/mol. The minimum atomic E-state index is -0.510. The smallest absolute Gasteiger partial charge is 0.152 e. The Morgan fingerprint density at radius 3 is 2.67 bits per heavy atom. The van der Waals surface area contributed by atoms with Crippen molar-refractivity contribution in [1.29, 1.82) is 0 Å². The topological polar surface area (TPSA) is 9.23 Å². The summed E-state index contributed by atoms with van der Waals surface area (Å²) < 4.78 is 5.79. The molecule has 0 aromatic heterocycles. The summed E-state index contributed by atoms with van der Waals surface area (Å²) in [6.45, 7) is 7.18. The Bertz CT molecular complexity index is 73.2. The van der Waals surface area contributed by atoms with Crippen LogP contribution in [0.2, 0.25) is 19.1 Å². The summed E-state index contributed by atoms with van der Waals surface area (Å²) in [6.07, 6.45) is 0.648. The normalized spacial score (nSPS) is 47.7. The minimum Gasteiger partial charge on any atom is -0.422 e. The van der Waals surface area contributed by atoms with Crippen LogP contribution in [0.1, 0.15) is 6.92 Å². The van der Waals surface area contributed by atoms with Crippen molar-refractivity contribution in [1.82, 2.24) is 0 Å². The van der Waals surface area contributed by atoms with Gasteiger partial charge in [0.1, 0.15) is 0 Å². The number of hydrogen-bond donors (Lipinski definition) is 0. The van der Waals surface area contributed by atoms with Crippen LogP contribution in [0, 0.1) is 0 Å². The first kappa shape index (κ1) is 7.71. The third-order valence-corrected chi connectivity index (χ3v) is 25.0. The Kier molecular flexibility index (Phi) is 2.69. The molecule has 0 aromatic rings. The van der Waals surface area contributed by atoms with E-state index < -0.39 is 8.56 Å². The molecule has 0 aromatic carbocycles. The fourth-order valence-corrected chi connectivity index (χ4v) is 25.2. The van der Waals surface area contributed by atoms with Gasteiger partial charge >= 0.3 is 0 Å². The van der Waals surface area contributed by atoms with Crippen molar-refractivity contribution in [2.24, 2.45) is 0 Å². The van der Waals surface area contributed by atoms with Crippen molar-refractivity contribution < 1.29 is 4.43 Å². The van der Waals surface area contributed by atoms with Crippen molar-refractivity contribution in [3.8, 4) is 0 Å². The lowest BCUT2D eigenvalue weighted by Crippen LogP contribution is -2.44. The van der Waals surface area contributed by atoms with Gasteiger partial charge in [0.15, 0.2) is 8.56 Å². The van der Waals surface area contributed by atoms with Gasteiger partial charge < -0.3 is 4.43 Å².